The summed E-state index contributed by atoms with van der Waals surface area (Å²) in [5, 5.41) is 12.4. The van der Waals surface area contributed by atoms with Crippen LogP contribution in [-0.2, 0) is 0 Å². The van der Waals surface area contributed by atoms with Gasteiger partial charge in [-0.15, -0.1) is 11.3 Å². The Hall–Kier alpha value is -1.66. The molecule has 0 radical (unpaired) electrons. The van der Waals surface area contributed by atoms with E-state index in [4.69, 9.17) is 4.42 Å². The molecule has 1 fully saturated rings. The number of oxazole rings is 1. The zero-order valence-electron chi connectivity index (χ0n) is 13.4. The molecule has 0 bridgehead atoms. The predicted molar refractivity (Wildman–Crippen MR) is 88.5 cm³/mol. The van der Waals surface area contributed by atoms with E-state index < -0.39 is 6.10 Å². The normalized spacial score (nSPS) is 17.7. The number of thiophene rings is 1. The maximum absolute atomic E-state index is 12.6. The van der Waals surface area contributed by atoms with E-state index in [0.717, 1.165) is 17.7 Å². The quantitative estimate of drug-likeness (QED) is 0.930. The van der Waals surface area contributed by atoms with Crippen molar-refractivity contribution in [3.05, 3.63) is 40.2 Å². The van der Waals surface area contributed by atoms with Crippen molar-refractivity contribution >= 4 is 17.2 Å². The second-order valence-electron chi connectivity index (χ2n) is 6.31. The Bertz CT molecular complexity index is 643. The third-order valence-electron chi connectivity index (χ3n) is 4.43. The van der Waals surface area contributed by atoms with Gasteiger partial charge in [0.05, 0.1) is 6.10 Å². The highest BCUT2D eigenvalue weighted by molar-refractivity contribution is 7.10. The summed E-state index contributed by atoms with van der Waals surface area (Å²) < 4.78 is 5.35. The largest absolute Gasteiger partial charge is 0.447 e. The van der Waals surface area contributed by atoms with Crippen LogP contribution in [0.3, 0.4) is 0 Å². The molecule has 0 aromatic carbocycles. The molecule has 1 atom stereocenters. The third kappa shape index (κ3) is 3.33. The summed E-state index contributed by atoms with van der Waals surface area (Å²) in [6.45, 7) is 5.27. The number of hydrogen-bond donors (Lipinski definition) is 1. The van der Waals surface area contributed by atoms with E-state index >= 15 is 0 Å². The molecule has 1 N–H and O–H groups in total. The number of aliphatic hydroxyl groups is 1. The highest BCUT2D eigenvalue weighted by Gasteiger charge is 2.31. The Morgan fingerprint density at radius 1 is 1.43 bits per heavy atom. The first-order valence-corrected chi connectivity index (χ1v) is 8.90. The van der Waals surface area contributed by atoms with Gasteiger partial charge < -0.3 is 14.4 Å². The van der Waals surface area contributed by atoms with Gasteiger partial charge >= 0.3 is 0 Å². The molecule has 0 saturated carbocycles. The van der Waals surface area contributed by atoms with Gasteiger partial charge in [0, 0.05) is 23.9 Å². The topological polar surface area (TPSA) is 66.6 Å². The van der Waals surface area contributed by atoms with Crippen molar-refractivity contribution in [2.45, 2.75) is 38.7 Å². The molecule has 124 valence electrons. The average Bonchev–Trinajstić information content (AvgIpc) is 3.24. The number of piperidine rings is 1. The molecule has 1 aliphatic rings. The summed E-state index contributed by atoms with van der Waals surface area (Å²) >= 11 is 1.58. The van der Waals surface area contributed by atoms with E-state index in [9.17, 15) is 9.90 Å². The van der Waals surface area contributed by atoms with Crippen LogP contribution in [0, 0.1) is 5.92 Å². The molecule has 1 saturated heterocycles. The van der Waals surface area contributed by atoms with Gasteiger partial charge in [0.25, 0.3) is 5.91 Å². The molecule has 2 aromatic heterocycles. The lowest BCUT2D eigenvalue weighted by Crippen LogP contribution is -2.40. The van der Waals surface area contributed by atoms with Gasteiger partial charge in [0.1, 0.15) is 5.76 Å². The van der Waals surface area contributed by atoms with E-state index in [1.54, 1.807) is 11.3 Å². The van der Waals surface area contributed by atoms with Crippen LogP contribution in [0.1, 0.15) is 59.8 Å². The molecular weight excluding hydrogens is 312 g/mol. The summed E-state index contributed by atoms with van der Waals surface area (Å²) in [4.78, 5) is 19.6. The lowest BCUT2D eigenvalue weighted by molar-refractivity contribution is 0.0469. The number of aromatic nitrogens is 1. The summed E-state index contributed by atoms with van der Waals surface area (Å²) in [7, 11) is 0. The number of hydrogen-bond acceptors (Lipinski definition) is 5. The molecule has 2 aromatic rings. The maximum atomic E-state index is 12.6. The number of nitrogens with zero attached hydrogens (tertiary/aromatic N) is 2. The van der Waals surface area contributed by atoms with Crippen LogP contribution in [0.4, 0.5) is 0 Å². The Balaban J connectivity index is 1.62. The minimum absolute atomic E-state index is 0.0634. The third-order valence-corrected chi connectivity index (χ3v) is 5.37. The number of likely N-dealkylation sites (tertiary alicyclic amines) is 1. The smallest absolute Gasteiger partial charge is 0.276 e. The molecule has 0 spiro atoms. The Kier molecular flexibility index (Phi) is 4.82. The van der Waals surface area contributed by atoms with Crippen LogP contribution in [-0.4, -0.2) is 34.0 Å². The second kappa shape index (κ2) is 6.84. The summed E-state index contributed by atoms with van der Waals surface area (Å²) in [5.41, 5.74) is 0.428. The molecule has 0 aliphatic carbocycles. The number of rotatable bonds is 4. The van der Waals surface area contributed by atoms with Crippen molar-refractivity contribution in [1.29, 1.82) is 0 Å². The zero-order valence-corrected chi connectivity index (χ0v) is 14.3. The number of carbonyl (C=O) groups excluding carboxylic acids is 1. The monoisotopic (exact) mass is 334 g/mol. The van der Waals surface area contributed by atoms with Gasteiger partial charge in [-0.3, -0.25) is 4.79 Å². The summed E-state index contributed by atoms with van der Waals surface area (Å²) in [6, 6.07) is 3.93. The van der Waals surface area contributed by atoms with Gasteiger partial charge in [-0.1, -0.05) is 19.9 Å². The maximum Gasteiger partial charge on any atom is 0.276 e. The Labute approximate surface area is 140 Å². The van der Waals surface area contributed by atoms with Gasteiger partial charge in [0.2, 0.25) is 0 Å². The second-order valence-corrected chi connectivity index (χ2v) is 7.29. The average molecular weight is 334 g/mol. The fraction of sp³-hybridized carbons (Fsp3) is 0.529. The minimum Gasteiger partial charge on any atom is -0.447 e. The standard InChI is InChI=1S/C17H22N2O3S/c1-11(2)16-14(18-10-22-16)17(21)19-7-5-12(6-8-19)15(20)13-4-3-9-23-13/h3-4,9-12,15,20H,5-8H2,1-2H3/t15-/m0/s1. The highest BCUT2D eigenvalue weighted by Crippen LogP contribution is 2.33. The van der Waals surface area contributed by atoms with Crippen LogP contribution >= 0.6 is 11.3 Å². The molecule has 1 amide bonds. The van der Waals surface area contributed by atoms with Gasteiger partial charge in [-0.2, -0.15) is 0 Å². The minimum atomic E-state index is -0.425. The van der Waals surface area contributed by atoms with Crippen LogP contribution in [0.25, 0.3) is 0 Å². The summed E-state index contributed by atoms with van der Waals surface area (Å²) in [6.07, 6.45) is 2.53. The number of aliphatic hydroxyl groups excluding tert-OH is 1. The summed E-state index contributed by atoms with van der Waals surface area (Å²) in [5.74, 6) is 0.927. The molecule has 5 nitrogen and oxygen atoms in total. The molecular formula is C17H22N2O3S. The van der Waals surface area contributed by atoms with Crippen LogP contribution in [0.5, 0.6) is 0 Å². The van der Waals surface area contributed by atoms with E-state index in [0.29, 0.717) is 24.5 Å². The van der Waals surface area contributed by atoms with Crippen molar-refractivity contribution < 1.29 is 14.3 Å². The first kappa shape index (κ1) is 16.2. The molecule has 3 heterocycles. The van der Waals surface area contributed by atoms with Crippen LogP contribution < -0.4 is 0 Å². The Morgan fingerprint density at radius 2 is 2.17 bits per heavy atom. The first-order valence-electron chi connectivity index (χ1n) is 8.02. The van der Waals surface area contributed by atoms with E-state index in [1.165, 1.54) is 6.39 Å². The Morgan fingerprint density at radius 3 is 2.78 bits per heavy atom. The molecule has 1 aliphatic heterocycles. The molecule has 0 unspecified atom stereocenters. The lowest BCUT2D eigenvalue weighted by atomic mass is 9.90. The van der Waals surface area contributed by atoms with Crippen molar-refractivity contribution in [3.8, 4) is 0 Å². The van der Waals surface area contributed by atoms with Crippen LogP contribution in [0.2, 0.25) is 0 Å². The van der Waals surface area contributed by atoms with Crippen molar-refractivity contribution in [1.82, 2.24) is 9.88 Å². The van der Waals surface area contributed by atoms with Gasteiger partial charge in [-0.25, -0.2) is 4.98 Å². The van der Waals surface area contributed by atoms with Crippen LogP contribution in [0.15, 0.2) is 28.3 Å². The fourth-order valence-electron chi connectivity index (χ4n) is 3.09. The van der Waals surface area contributed by atoms with Crippen molar-refractivity contribution in [3.63, 3.8) is 0 Å². The van der Waals surface area contributed by atoms with Gasteiger partial charge in [-0.05, 0) is 30.2 Å². The molecule has 3 rings (SSSR count). The van der Waals surface area contributed by atoms with Gasteiger partial charge in [0.15, 0.2) is 12.1 Å². The van der Waals surface area contributed by atoms with Crippen molar-refractivity contribution in [2.24, 2.45) is 5.92 Å². The number of amides is 1. The first-order chi connectivity index (χ1) is 11.1. The SMILES string of the molecule is CC(C)c1ocnc1C(=O)N1CCC([C@H](O)c2cccs2)CC1. The fourth-order valence-corrected chi connectivity index (χ4v) is 3.89. The predicted octanol–water partition coefficient (Wildman–Crippen LogP) is 3.45. The van der Waals surface area contributed by atoms with Crippen molar-refractivity contribution in [2.75, 3.05) is 13.1 Å². The van der Waals surface area contributed by atoms with E-state index in [-0.39, 0.29) is 17.7 Å². The molecule has 23 heavy (non-hydrogen) atoms. The molecule has 6 heteroatoms. The number of carbonyl (C=O) groups is 1. The van der Waals surface area contributed by atoms with E-state index in [2.05, 4.69) is 4.98 Å². The zero-order chi connectivity index (χ0) is 16.4. The highest BCUT2D eigenvalue weighted by atomic mass is 32.1. The lowest BCUT2D eigenvalue weighted by Gasteiger charge is -2.33. The van der Waals surface area contributed by atoms with E-state index in [1.807, 2.05) is 36.3 Å².